The average molecular weight is 258 g/mol. The van der Waals surface area contributed by atoms with E-state index in [-0.39, 0.29) is 0 Å². The summed E-state index contributed by atoms with van der Waals surface area (Å²) in [4.78, 5) is 0. The molecule has 2 heteroatoms. The van der Waals surface area contributed by atoms with Crippen LogP contribution in [-0.4, -0.2) is 12.6 Å². The summed E-state index contributed by atoms with van der Waals surface area (Å²) in [6, 6.07) is 7.39. The van der Waals surface area contributed by atoms with Gasteiger partial charge in [-0.2, -0.15) is 0 Å². The third-order valence-corrected chi connectivity index (χ3v) is 5.75. The monoisotopic (exact) mass is 258 g/mol. The van der Waals surface area contributed by atoms with Gasteiger partial charge in [0.2, 0.25) is 0 Å². The Kier molecular flexibility index (Phi) is 2.99. The van der Waals surface area contributed by atoms with Crippen LogP contribution in [0.2, 0.25) is 0 Å². The zero-order chi connectivity index (χ0) is 13.7. The van der Waals surface area contributed by atoms with Gasteiger partial charge in [0.15, 0.2) is 0 Å². The smallest absolute Gasteiger partial charge is 0.0211 e. The minimum Gasteiger partial charge on any atom is -0.312 e. The Morgan fingerprint density at radius 1 is 1.21 bits per heavy atom. The highest BCUT2D eigenvalue weighted by molar-refractivity contribution is 5.37. The second kappa shape index (κ2) is 4.32. The number of nitrogens with one attached hydrogen (secondary N) is 2. The van der Waals surface area contributed by atoms with E-state index in [1.165, 1.54) is 17.5 Å². The molecule has 2 N–H and O–H groups in total. The largest absolute Gasteiger partial charge is 0.312 e. The van der Waals surface area contributed by atoms with Crippen LogP contribution in [0.15, 0.2) is 18.2 Å². The fourth-order valence-electron chi connectivity index (χ4n) is 3.70. The predicted octanol–water partition coefficient (Wildman–Crippen LogP) is 2.86. The van der Waals surface area contributed by atoms with Crippen molar-refractivity contribution in [1.29, 1.82) is 0 Å². The summed E-state index contributed by atoms with van der Waals surface area (Å²) in [6.45, 7) is 12.6. The summed E-state index contributed by atoms with van der Waals surface area (Å²) in [7, 11) is 0. The van der Waals surface area contributed by atoms with Gasteiger partial charge in [0.1, 0.15) is 0 Å². The lowest BCUT2D eigenvalue weighted by Crippen LogP contribution is -2.27. The van der Waals surface area contributed by atoms with E-state index in [2.05, 4.69) is 56.5 Å². The first-order chi connectivity index (χ1) is 8.94. The van der Waals surface area contributed by atoms with Gasteiger partial charge in [0.05, 0.1) is 0 Å². The van der Waals surface area contributed by atoms with E-state index < -0.39 is 0 Å². The van der Waals surface area contributed by atoms with Gasteiger partial charge in [-0.15, -0.1) is 0 Å². The Morgan fingerprint density at radius 3 is 2.63 bits per heavy atom. The standard InChI is InChI=1S/C17H26N2/c1-16(2)15(17(16,3)4)19-11-13-7-5-6-12-10-18-9-8-14(12)13/h5-7,15,18-19H,8-11H2,1-4H3. The van der Waals surface area contributed by atoms with Crippen molar-refractivity contribution in [2.75, 3.05) is 6.54 Å². The molecule has 0 amide bonds. The van der Waals surface area contributed by atoms with Gasteiger partial charge < -0.3 is 10.6 Å². The molecule has 0 atom stereocenters. The number of fused-ring (bicyclic) bond motifs is 1. The van der Waals surface area contributed by atoms with Crippen molar-refractivity contribution in [2.24, 2.45) is 10.8 Å². The van der Waals surface area contributed by atoms with Gasteiger partial charge in [0, 0.05) is 19.1 Å². The molecule has 0 radical (unpaired) electrons. The molecule has 0 saturated heterocycles. The van der Waals surface area contributed by atoms with Gasteiger partial charge in [-0.1, -0.05) is 45.9 Å². The maximum absolute atomic E-state index is 3.78. The first-order valence-electron chi connectivity index (χ1n) is 7.48. The van der Waals surface area contributed by atoms with Crippen LogP contribution < -0.4 is 10.6 Å². The second-order valence-corrected chi connectivity index (χ2v) is 7.24. The molecule has 1 saturated carbocycles. The lowest BCUT2D eigenvalue weighted by molar-refractivity contribution is 0.457. The molecule has 0 unspecified atom stereocenters. The maximum Gasteiger partial charge on any atom is 0.0211 e. The summed E-state index contributed by atoms with van der Waals surface area (Å²) >= 11 is 0. The lowest BCUT2D eigenvalue weighted by atomic mass is 9.95. The Hall–Kier alpha value is -0.860. The zero-order valence-electron chi connectivity index (χ0n) is 12.6. The number of benzene rings is 1. The van der Waals surface area contributed by atoms with Crippen LogP contribution in [0.4, 0.5) is 0 Å². The third kappa shape index (κ3) is 2.02. The molecule has 1 aliphatic heterocycles. The lowest BCUT2D eigenvalue weighted by Gasteiger charge is -2.21. The van der Waals surface area contributed by atoms with Gasteiger partial charge >= 0.3 is 0 Å². The molecule has 3 rings (SSSR count). The molecule has 104 valence electrons. The average Bonchev–Trinajstić information content (AvgIpc) is 2.77. The first-order valence-corrected chi connectivity index (χ1v) is 7.48. The molecular weight excluding hydrogens is 232 g/mol. The van der Waals surface area contributed by atoms with Crippen LogP contribution in [0.5, 0.6) is 0 Å². The van der Waals surface area contributed by atoms with Gasteiger partial charge in [-0.3, -0.25) is 0 Å². The summed E-state index contributed by atoms with van der Waals surface area (Å²) in [5.74, 6) is 0. The molecule has 0 spiro atoms. The number of hydrogen-bond donors (Lipinski definition) is 2. The highest BCUT2D eigenvalue weighted by Crippen LogP contribution is 2.62. The molecule has 19 heavy (non-hydrogen) atoms. The molecule has 2 nitrogen and oxygen atoms in total. The van der Waals surface area contributed by atoms with E-state index in [1.54, 1.807) is 5.56 Å². The van der Waals surface area contributed by atoms with E-state index in [0.29, 0.717) is 16.9 Å². The molecule has 1 fully saturated rings. The molecule has 0 aromatic heterocycles. The fourth-order valence-corrected chi connectivity index (χ4v) is 3.70. The minimum absolute atomic E-state index is 0.420. The van der Waals surface area contributed by atoms with E-state index in [1.807, 2.05) is 0 Å². The first kappa shape index (κ1) is 13.1. The Morgan fingerprint density at radius 2 is 1.95 bits per heavy atom. The van der Waals surface area contributed by atoms with E-state index in [0.717, 1.165) is 19.6 Å². The molecule has 1 heterocycles. The van der Waals surface area contributed by atoms with Crippen molar-refractivity contribution >= 4 is 0 Å². The third-order valence-electron chi connectivity index (χ3n) is 5.75. The van der Waals surface area contributed by atoms with Crippen LogP contribution in [0, 0.1) is 10.8 Å². The highest BCUT2D eigenvalue weighted by atomic mass is 15.0. The maximum atomic E-state index is 3.78. The van der Waals surface area contributed by atoms with E-state index in [9.17, 15) is 0 Å². The van der Waals surface area contributed by atoms with Crippen LogP contribution in [0.3, 0.4) is 0 Å². The Balaban J connectivity index is 1.72. The Labute approximate surface area is 117 Å². The van der Waals surface area contributed by atoms with Crippen molar-refractivity contribution in [3.8, 4) is 0 Å². The summed E-state index contributed by atoms with van der Waals surface area (Å²) in [5.41, 5.74) is 5.40. The van der Waals surface area contributed by atoms with E-state index >= 15 is 0 Å². The van der Waals surface area contributed by atoms with Crippen LogP contribution in [-0.2, 0) is 19.5 Å². The van der Waals surface area contributed by atoms with Crippen LogP contribution >= 0.6 is 0 Å². The molecule has 0 bridgehead atoms. The van der Waals surface area contributed by atoms with Gasteiger partial charge in [0.25, 0.3) is 0 Å². The van der Waals surface area contributed by atoms with Crippen molar-refractivity contribution in [2.45, 2.75) is 53.2 Å². The summed E-state index contributed by atoms with van der Waals surface area (Å²) < 4.78 is 0. The quantitative estimate of drug-likeness (QED) is 0.871. The second-order valence-electron chi connectivity index (χ2n) is 7.24. The predicted molar refractivity (Wildman–Crippen MR) is 80.0 cm³/mol. The summed E-state index contributed by atoms with van der Waals surface area (Å²) in [6.07, 6.45) is 1.17. The van der Waals surface area contributed by atoms with Gasteiger partial charge in [-0.25, -0.2) is 0 Å². The van der Waals surface area contributed by atoms with Crippen LogP contribution in [0.1, 0.15) is 44.4 Å². The van der Waals surface area contributed by atoms with Gasteiger partial charge in [-0.05, 0) is 40.5 Å². The van der Waals surface area contributed by atoms with Crippen molar-refractivity contribution in [3.63, 3.8) is 0 Å². The van der Waals surface area contributed by atoms with Crippen molar-refractivity contribution < 1.29 is 0 Å². The molecule has 1 aromatic carbocycles. The number of hydrogen-bond acceptors (Lipinski definition) is 2. The minimum atomic E-state index is 0.420. The summed E-state index contributed by atoms with van der Waals surface area (Å²) in [5, 5.41) is 7.23. The normalized spacial score (nSPS) is 24.0. The van der Waals surface area contributed by atoms with Crippen molar-refractivity contribution in [3.05, 3.63) is 34.9 Å². The van der Waals surface area contributed by atoms with Crippen LogP contribution in [0.25, 0.3) is 0 Å². The highest BCUT2D eigenvalue weighted by Gasteiger charge is 2.64. The topological polar surface area (TPSA) is 24.1 Å². The molecule has 1 aliphatic carbocycles. The van der Waals surface area contributed by atoms with Crippen molar-refractivity contribution in [1.82, 2.24) is 10.6 Å². The molecule has 2 aliphatic rings. The zero-order valence-corrected chi connectivity index (χ0v) is 12.6. The fraction of sp³-hybridized carbons (Fsp3) is 0.647. The molecule has 1 aromatic rings. The Bertz CT molecular complexity index is 474. The van der Waals surface area contributed by atoms with E-state index in [4.69, 9.17) is 0 Å². The molecular formula is C17H26N2. The number of rotatable bonds is 3. The SMILES string of the molecule is CC1(C)C(NCc2cccc3c2CCNC3)C1(C)C.